The standard InChI is InChI=1S/C12H10N6S3/c1-3-13-4-2-8(1)10-17-18-9(15-16-11(18)21-10)7-20-12-14-5-6-19-12/h1-4H,5-7H2. The minimum atomic E-state index is 0.743. The Labute approximate surface area is 133 Å². The Morgan fingerprint density at radius 3 is 2.95 bits per heavy atom. The van der Waals surface area contributed by atoms with Crippen LogP contribution in [0.15, 0.2) is 29.5 Å². The highest BCUT2D eigenvalue weighted by molar-refractivity contribution is 8.38. The lowest BCUT2D eigenvalue weighted by Gasteiger charge is -1.97. The van der Waals surface area contributed by atoms with Gasteiger partial charge in [0.05, 0.1) is 12.3 Å². The quantitative estimate of drug-likeness (QED) is 0.733. The molecule has 0 saturated heterocycles. The molecule has 3 aromatic heterocycles. The van der Waals surface area contributed by atoms with E-state index in [1.165, 1.54) is 11.3 Å². The lowest BCUT2D eigenvalue weighted by Crippen LogP contribution is -1.95. The van der Waals surface area contributed by atoms with Gasteiger partial charge in [-0.2, -0.15) is 9.61 Å². The fourth-order valence-electron chi connectivity index (χ4n) is 1.89. The highest BCUT2D eigenvalue weighted by atomic mass is 32.2. The van der Waals surface area contributed by atoms with Gasteiger partial charge in [-0.15, -0.1) is 10.2 Å². The number of pyridine rings is 1. The fourth-order valence-corrected chi connectivity index (χ4v) is 4.67. The van der Waals surface area contributed by atoms with Crippen molar-refractivity contribution in [3.05, 3.63) is 30.4 Å². The van der Waals surface area contributed by atoms with E-state index in [0.717, 1.165) is 43.8 Å². The van der Waals surface area contributed by atoms with Gasteiger partial charge in [0.2, 0.25) is 4.96 Å². The molecule has 0 bridgehead atoms. The number of aliphatic imine (C=N–C) groups is 1. The second-order valence-corrected chi connectivity index (χ2v) is 7.50. The van der Waals surface area contributed by atoms with E-state index in [4.69, 9.17) is 0 Å². The van der Waals surface area contributed by atoms with Crippen LogP contribution in [0, 0.1) is 0 Å². The molecule has 0 atom stereocenters. The van der Waals surface area contributed by atoms with Crippen LogP contribution in [0.4, 0.5) is 0 Å². The molecule has 3 aromatic rings. The summed E-state index contributed by atoms with van der Waals surface area (Å²) in [6.07, 6.45) is 3.54. The zero-order valence-corrected chi connectivity index (χ0v) is 13.3. The van der Waals surface area contributed by atoms with E-state index in [1.54, 1.807) is 35.9 Å². The number of rotatable bonds is 3. The summed E-state index contributed by atoms with van der Waals surface area (Å²) in [6.45, 7) is 0.922. The molecule has 0 spiro atoms. The van der Waals surface area contributed by atoms with Gasteiger partial charge in [-0.05, 0) is 12.1 Å². The molecule has 0 unspecified atom stereocenters. The minimum Gasteiger partial charge on any atom is -0.271 e. The first kappa shape index (κ1) is 13.2. The van der Waals surface area contributed by atoms with Crippen LogP contribution < -0.4 is 0 Å². The van der Waals surface area contributed by atoms with Gasteiger partial charge >= 0.3 is 0 Å². The normalized spacial score (nSPS) is 14.8. The van der Waals surface area contributed by atoms with Crippen LogP contribution >= 0.6 is 34.9 Å². The summed E-state index contributed by atoms with van der Waals surface area (Å²) in [5.41, 5.74) is 1.05. The summed E-state index contributed by atoms with van der Waals surface area (Å²) in [4.78, 5) is 9.27. The van der Waals surface area contributed by atoms with E-state index in [9.17, 15) is 0 Å². The van der Waals surface area contributed by atoms with Gasteiger partial charge in [0.25, 0.3) is 0 Å². The number of aromatic nitrogens is 5. The van der Waals surface area contributed by atoms with Crippen molar-refractivity contribution in [2.75, 3.05) is 12.3 Å². The molecule has 4 heterocycles. The fraction of sp³-hybridized carbons (Fsp3) is 0.250. The van der Waals surface area contributed by atoms with Gasteiger partial charge < -0.3 is 0 Å². The van der Waals surface area contributed by atoms with Crippen molar-refractivity contribution >= 4 is 44.2 Å². The van der Waals surface area contributed by atoms with Crippen LogP contribution in [0.5, 0.6) is 0 Å². The first-order chi connectivity index (χ1) is 10.4. The lowest BCUT2D eigenvalue weighted by molar-refractivity contribution is 0.888. The molecule has 1 aliphatic rings. The molecule has 0 N–H and O–H groups in total. The average Bonchev–Trinajstić information content (AvgIpc) is 3.23. The number of nitrogens with zero attached hydrogens (tertiary/aromatic N) is 6. The average molecular weight is 334 g/mol. The Morgan fingerprint density at radius 1 is 1.24 bits per heavy atom. The van der Waals surface area contributed by atoms with Crippen molar-refractivity contribution in [2.45, 2.75) is 5.75 Å². The Kier molecular flexibility index (Phi) is 3.62. The van der Waals surface area contributed by atoms with Crippen LogP contribution in [0.3, 0.4) is 0 Å². The largest absolute Gasteiger partial charge is 0.271 e. The summed E-state index contributed by atoms with van der Waals surface area (Å²) in [6, 6.07) is 3.90. The van der Waals surface area contributed by atoms with E-state index in [2.05, 4.69) is 25.3 Å². The van der Waals surface area contributed by atoms with Crippen molar-refractivity contribution in [1.82, 2.24) is 24.8 Å². The predicted molar refractivity (Wildman–Crippen MR) is 87.9 cm³/mol. The minimum absolute atomic E-state index is 0.743. The van der Waals surface area contributed by atoms with Crippen LogP contribution in [0.25, 0.3) is 15.5 Å². The molecule has 106 valence electrons. The SMILES string of the molecule is c1cc(-c2nn3c(CSC4=NCCS4)nnc3s2)ccn1. The number of hydrogen-bond donors (Lipinski definition) is 0. The summed E-state index contributed by atoms with van der Waals surface area (Å²) in [7, 11) is 0. The van der Waals surface area contributed by atoms with Crippen molar-refractivity contribution < 1.29 is 0 Å². The molecule has 6 nitrogen and oxygen atoms in total. The van der Waals surface area contributed by atoms with E-state index >= 15 is 0 Å². The van der Waals surface area contributed by atoms with Gasteiger partial charge in [0.15, 0.2) is 5.82 Å². The molecule has 4 rings (SSSR count). The zero-order valence-electron chi connectivity index (χ0n) is 10.8. The Bertz CT molecular complexity index is 794. The number of fused-ring (bicyclic) bond motifs is 1. The van der Waals surface area contributed by atoms with Crippen molar-refractivity contribution in [3.63, 3.8) is 0 Å². The maximum absolute atomic E-state index is 4.61. The Hall–Kier alpha value is -1.45. The molecular formula is C12H10N6S3. The van der Waals surface area contributed by atoms with E-state index < -0.39 is 0 Å². The zero-order chi connectivity index (χ0) is 14.1. The van der Waals surface area contributed by atoms with E-state index in [0.29, 0.717) is 0 Å². The first-order valence-electron chi connectivity index (χ1n) is 6.32. The molecule has 1 aliphatic heterocycles. The molecule has 0 fully saturated rings. The topological polar surface area (TPSA) is 68.3 Å². The molecular weight excluding hydrogens is 324 g/mol. The van der Waals surface area contributed by atoms with Gasteiger partial charge in [0.1, 0.15) is 9.38 Å². The van der Waals surface area contributed by atoms with Crippen LogP contribution in [-0.2, 0) is 5.75 Å². The van der Waals surface area contributed by atoms with Crippen LogP contribution in [-0.4, -0.2) is 41.5 Å². The Balaban J connectivity index is 1.60. The van der Waals surface area contributed by atoms with Crippen molar-refractivity contribution in [2.24, 2.45) is 4.99 Å². The van der Waals surface area contributed by atoms with E-state index in [1.807, 2.05) is 16.6 Å². The molecule has 0 aromatic carbocycles. The Morgan fingerprint density at radius 2 is 2.14 bits per heavy atom. The summed E-state index contributed by atoms with van der Waals surface area (Å²) < 4.78 is 2.96. The van der Waals surface area contributed by atoms with Crippen molar-refractivity contribution in [1.29, 1.82) is 0 Å². The molecule has 0 saturated carbocycles. The smallest absolute Gasteiger partial charge is 0.235 e. The summed E-state index contributed by atoms with van der Waals surface area (Å²) in [5, 5.41) is 14.0. The second-order valence-electron chi connectivity index (χ2n) is 4.24. The van der Waals surface area contributed by atoms with Gasteiger partial charge in [-0.1, -0.05) is 34.9 Å². The first-order valence-corrected chi connectivity index (χ1v) is 9.10. The summed E-state index contributed by atoms with van der Waals surface area (Å²) >= 11 is 5.04. The van der Waals surface area contributed by atoms with Crippen molar-refractivity contribution in [3.8, 4) is 10.6 Å². The molecule has 0 amide bonds. The molecule has 9 heteroatoms. The molecule has 0 aliphatic carbocycles. The van der Waals surface area contributed by atoms with E-state index in [-0.39, 0.29) is 0 Å². The maximum Gasteiger partial charge on any atom is 0.235 e. The third-order valence-electron chi connectivity index (χ3n) is 2.87. The van der Waals surface area contributed by atoms with Gasteiger partial charge in [-0.25, -0.2) is 0 Å². The maximum atomic E-state index is 4.61. The van der Waals surface area contributed by atoms with Gasteiger partial charge in [0, 0.05) is 23.7 Å². The highest BCUT2D eigenvalue weighted by Gasteiger charge is 2.15. The number of thioether (sulfide) groups is 2. The molecule has 21 heavy (non-hydrogen) atoms. The highest BCUT2D eigenvalue weighted by Crippen LogP contribution is 2.28. The number of hydrogen-bond acceptors (Lipinski definition) is 8. The third kappa shape index (κ3) is 2.68. The monoisotopic (exact) mass is 334 g/mol. The molecule has 0 radical (unpaired) electrons. The lowest BCUT2D eigenvalue weighted by atomic mass is 10.3. The van der Waals surface area contributed by atoms with Crippen LogP contribution in [0.1, 0.15) is 5.82 Å². The predicted octanol–water partition coefficient (Wildman–Crippen LogP) is 2.58. The second kappa shape index (κ2) is 5.74. The summed E-state index contributed by atoms with van der Waals surface area (Å²) in [5.74, 6) is 2.69. The van der Waals surface area contributed by atoms with Gasteiger partial charge in [-0.3, -0.25) is 9.98 Å². The van der Waals surface area contributed by atoms with Crippen LogP contribution in [0.2, 0.25) is 0 Å². The third-order valence-corrected chi connectivity index (χ3v) is 6.06.